The number of nitrogens with zero attached hydrogens (tertiary/aromatic N) is 3. The Morgan fingerprint density at radius 1 is 1.37 bits per heavy atom. The van der Waals surface area contributed by atoms with Crippen molar-refractivity contribution >= 4 is 11.3 Å². The third-order valence-corrected chi connectivity index (χ3v) is 4.52. The monoisotopic (exact) mass is 283 g/mol. The van der Waals surface area contributed by atoms with Crippen molar-refractivity contribution in [2.45, 2.75) is 37.5 Å². The molecule has 2 aromatic heterocycles. The van der Waals surface area contributed by atoms with Crippen molar-refractivity contribution in [2.24, 2.45) is 7.05 Å². The number of alkyl halides is 2. The molecule has 1 aliphatic rings. The van der Waals surface area contributed by atoms with Gasteiger partial charge in [-0.05, 0) is 12.8 Å². The van der Waals surface area contributed by atoms with Gasteiger partial charge < -0.3 is 0 Å². The molecule has 3 nitrogen and oxygen atoms in total. The largest absolute Gasteiger partial charge is 0.275 e. The molecule has 0 bridgehead atoms. The van der Waals surface area contributed by atoms with Crippen LogP contribution in [0.3, 0.4) is 0 Å². The predicted molar refractivity (Wildman–Crippen MR) is 70.5 cm³/mol. The summed E-state index contributed by atoms with van der Waals surface area (Å²) in [5.41, 5.74) is 1.94. The first-order valence-electron chi connectivity index (χ1n) is 6.36. The first-order chi connectivity index (χ1) is 9.03. The van der Waals surface area contributed by atoms with E-state index in [1.165, 1.54) is 0 Å². The van der Waals surface area contributed by atoms with E-state index in [4.69, 9.17) is 0 Å². The molecule has 1 fully saturated rings. The first-order valence-corrected chi connectivity index (χ1v) is 7.24. The molecule has 19 heavy (non-hydrogen) atoms. The first kappa shape index (κ1) is 12.7. The van der Waals surface area contributed by atoms with Gasteiger partial charge in [0.1, 0.15) is 5.01 Å². The third-order valence-electron chi connectivity index (χ3n) is 3.61. The summed E-state index contributed by atoms with van der Waals surface area (Å²) in [6.07, 6.45) is 4.72. The molecule has 0 aliphatic heterocycles. The van der Waals surface area contributed by atoms with Crippen molar-refractivity contribution in [3.63, 3.8) is 0 Å². The van der Waals surface area contributed by atoms with Crippen LogP contribution in [0.1, 0.15) is 37.3 Å². The smallest absolute Gasteiger partial charge is 0.248 e. The van der Waals surface area contributed by atoms with Gasteiger partial charge in [0, 0.05) is 42.9 Å². The maximum absolute atomic E-state index is 13.1. The van der Waals surface area contributed by atoms with E-state index in [1.807, 2.05) is 18.6 Å². The summed E-state index contributed by atoms with van der Waals surface area (Å²) < 4.78 is 28.0. The molecular weight excluding hydrogens is 268 g/mol. The van der Waals surface area contributed by atoms with Gasteiger partial charge in [0.25, 0.3) is 0 Å². The van der Waals surface area contributed by atoms with E-state index >= 15 is 0 Å². The Balaban J connectivity index is 1.75. The Morgan fingerprint density at radius 2 is 2.11 bits per heavy atom. The van der Waals surface area contributed by atoms with Crippen LogP contribution < -0.4 is 0 Å². The maximum atomic E-state index is 13.1. The number of halogens is 2. The van der Waals surface area contributed by atoms with E-state index < -0.39 is 5.92 Å². The van der Waals surface area contributed by atoms with E-state index in [2.05, 4.69) is 10.1 Å². The van der Waals surface area contributed by atoms with Gasteiger partial charge in [-0.15, -0.1) is 11.3 Å². The standard InChI is InChI=1S/C13H15F2N3S/c1-18-7-10(6-16-18)12-17-11(8-19-12)9-2-4-13(14,15)5-3-9/h6-9H,2-5H2,1H3. The average Bonchev–Trinajstić information content (AvgIpc) is 2.97. The summed E-state index contributed by atoms with van der Waals surface area (Å²) in [6.45, 7) is 0. The molecular formula is C13H15F2N3S. The highest BCUT2D eigenvalue weighted by Crippen LogP contribution is 2.41. The van der Waals surface area contributed by atoms with Crippen LogP contribution in [0.5, 0.6) is 0 Å². The zero-order chi connectivity index (χ0) is 13.5. The van der Waals surface area contributed by atoms with E-state index in [9.17, 15) is 8.78 Å². The van der Waals surface area contributed by atoms with Crippen molar-refractivity contribution in [3.05, 3.63) is 23.5 Å². The molecule has 2 aromatic rings. The van der Waals surface area contributed by atoms with Gasteiger partial charge >= 0.3 is 0 Å². The normalized spacial score (nSPS) is 19.7. The van der Waals surface area contributed by atoms with Crippen molar-refractivity contribution in [2.75, 3.05) is 0 Å². The predicted octanol–water partition coefficient (Wildman–Crippen LogP) is 3.84. The van der Waals surface area contributed by atoms with Gasteiger partial charge in [0.05, 0.1) is 11.9 Å². The Hall–Kier alpha value is -1.30. The molecule has 1 aliphatic carbocycles. The number of aromatic nitrogens is 3. The van der Waals surface area contributed by atoms with Gasteiger partial charge in [-0.25, -0.2) is 13.8 Å². The Morgan fingerprint density at radius 3 is 2.74 bits per heavy atom. The summed E-state index contributed by atoms with van der Waals surface area (Å²) in [5, 5.41) is 7.03. The summed E-state index contributed by atoms with van der Waals surface area (Å²) in [6, 6.07) is 0. The molecule has 0 N–H and O–H groups in total. The minimum atomic E-state index is -2.47. The van der Waals surface area contributed by atoms with Crippen molar-refractivity contribution < 1.29 is 8.78 Å². The van der Waals surface area contributed by atoms with E-state index in [1.54, 1.807) is 22.2 Å². The molecule has 0 saturated heterocycles. The molecule has 1 saturated carbocycles. The van der Waals surface area contributed by atoms with Crippen molar-refractivity contribution in [3.8, 4) is 10.6 Å². The molecule has 0 amide bonds. The quantitative estimate of drug-likeness (QED) is 0.838. The summed E-state index contributed by atoms with van der Waals surface area (Å²) >= 11 is 1.56. The second-order valence-electron chi connectivity index (χ2n) is 5.11. The number of hydrogen-bond acceptors (Lipinski definition) is 3. The van der Waals surface area contributed by atoms with Crippen LogP contribution in [0.25, 0.3) is 10.6 Å². The molecule has 2 heterocycles. The van der Waals surface area contributed by atoms with Gasteiger partial charge in [0.2, 0.25) is 5.92 Å². The highest BCUT2D eigenvalue weighted by molar-refractivity contribution is 7.13. The lowest BCUT2D eigenvalue weighted by Crippen LogP contribution is -2.23. The fourth-order valence-corrected chi connectivity index (χ4v) is 3.35. The van der Waals surface area contributed by atoms with Crippen LogP contribution in [-0.4, -0.2) is 20.7 Å². The second-order valence-corrected chi connectivity index (χ2v) is 5.97. The number of hydrogen-bond donors (Lipinski definition) is 0. The molecule has 0 atom stereocenters. The van der Waals surface area contributed by atoms with Crippen molar-refractivity contribution in [1.29, 1.82) is 0 Å². The molecule has 102 valence electrons. The van der Waals surface area contributed by atoms with E-state index in [0.717, 1.165) is 16.3 Å². The number of aryl methyl sites for hydroxylation is 1. The Kier molecular flexibility index (Phi) is 3.12. The fourth-order valence-electron chi connectivity index (χ4n) is 2.47. The minimum absolute atomic E-state index is 0.0164. The molecule has 6 heteroatoms. The summed E-state index contributed by atoms with van der Waals surface area (Å²) in [4.78, 5) is 4.59. The Bertz CT molecular complexity index is 566. The minimum Gasteiger partial charge on any atom is -0.275 e. The van der Waals surface area contributed by atoms with Crippen LogP contribution in [-0.2, 0) is 7.05 Å². The van der Waals surface area contributed by atoms with Crippen LogP contribution >= 0.6 is 11.3 Å². The lowest BCUT2D eigenvalue weighted by Gasteiger charge is -2.27. The highest BCUT2D eigenvalue weighted by atomic mass is 32.1. The average molecular weight is 283 g/mol. The zero-order valence-electron chi connectivity index (χ0n) is 10.6. The van der Waals surface area contributed by atoms with Gasteiger partial charge in [-0.3, -0.25) is 4.68 Å². The summed E-state index contributed by atoms with van der Waals surface area (Å²) in [5.74, 6) is -2.29. The molecule has 0 unspecified atom stereocenters. The lowest BCUT2D eigenvalue weighted by atomic mass is 9.85. The highest BCUT2D eigenvalue weighted by Gasteiger charge is 2.36. The van der Waals surface area contributed by atoms with Gasteiger partial charge in [-0.2, -0.15) is 5.10 Å². The summed E-state index contributed by atoms with van der Waals surface area (Å²) in [7, 11) is 1.86. The molecule has 0 spiro atoms. The van der Waals surface area contributed by atoms with Gasteiger partial charge in [-0.1, -0.05) is 0 Å². The van der Waals surface area contributed by atoms with Crippen LogP contribution in [0.4, 0.5) is 8.78 Å². The zero-order valence-corrected chi connectivity index (χ0v) is 11.5. The maximum Gasteiger partial charge on any atom is 0.248 e. The topological polar surface area (TPSA) is 30.7 Å². The van der Waals surface area contributed by atoms with Gasteiger partial charge in [0.15, 0.2) is 0 Å². The lowest BCUT2D eigenvalue weighted by molar-refractivity contribution is -0.0384. The third kappa shape index (κ3) is 2.68. The van der Waals surface area contributed by atoms with Crippen LogP contribution in [0.2, 0.25) is 0 Å². The SMILES string of the molecule is Cn1cc(-c2nc(C3CCC(F)(F)CC3)cs2)cn1. The number of thiazole rings is 1. The Labute approximate surface area is 114 Å². The molecule has 3 rings (SSSR count). The molecule has 0 radical (unpaired) electrons. The number of rotatable bonds is 2. The van der Waals surface area contributed by atoms with Crippen LogP contribution in [0.15, 0.2) is 17.8 Å². The van der Waals surface area contributed by atoms with Crippen molar-refractivity contribution in [1.82, 2.24) is 14.8 Å². The molecule has 0 aromatic carbocycles. The van der Waals surface area contributed by atoms with E-state index in [0.29, 0.717) is 12.8 Å². The second kappa shape index (κ2) is 4.67. The fraction of sp³-hybridized carbons (Fsp3) is 0.538. The van der Waals surface area contributed by atoms with E-state index in [-0.39, 0.29) is 18.8 Å². The van der Waals surface area contributed by atoms with Crippen LogP contribution in [0, 0.1) is 0 Å².